The van der Waals surface area contributed by atoms with E-state index in [-0.39, 0.29) is 36.2 Å². The number of benzene rings is 5. The van der Waals surface area contributed by atoms with Crippen LogP contribution in [0.2, 0.25) is 0 Å². The first kappa shape index (κ1) is 31.9. The van der Waals surface area contributed by atoms with E-state index in [9.17, 15) is 5.11 Å². The molecule has 7 nitrogen and oxygen atoms in total. The highest BCUT2D eigenvalue weighted by Gasteiger charge is 2.80. The molecule has 9 heteroatoms. The predicted octanol–water partition coefficient (Wildman–Crippen LogP) is 6.55. The van der Waals surface area contributed by atoms with Crippen LogP contribution in [0.15, 0.2) is 121 Å². The van der Waals surface area contributed by atoms with Crippen molar-refractivity contribution in [2.24, 2.45) is 0 Å². The number of carbonyl (C=O) groups is 2. The molecule has 2 amide bonds. The number of anilines is 2. The summed E-state index contributed by atoms with van der Waals surface area (Å²) in [6.07, 6.45) is -1.76. The van der Waals surface area contributed by atoms with Crippen LogP contribution in [0.25, 0.3) is 0 Å². The summed E-state index contributed by atoms with van der Waals surface area (Å²) in [4.78, 5) is 33.9. The number of rotatable bonds is 7. The first-order chi connectivity index (χ1) is 24.2. The van der Waals surface area contributed by atoms with Crippen LogP contribution in [0.5, 0.6) is 5.75 Å². The third kappa shape index (κ3) is 4.26. The summed E-state index contributed by atoms with van der Waals surface area (Å²) in [6.45, 7) is 0.276. The Bertz CT molecular complexity index is 2150. The number of halogens is 2. The summed E-state index contributed by atoms with van der Waals surface area (Å²) in [5, 5.41) is 13.7. The van der Waals surface area contributed by atoms with Gasteiger partial charge >= 0.3 is 0 Å². The van der Waals surface area contributed by atoms with Gasteiger partial charge in [0.2, 0.25) is 11.8 Å². The lowest BCUT2D eigenvalue weighted by Crippen LogP contribution is -2.58. The Morgan fingerprint density at radius 1 is 0.700 bits per heavy atom. The van der Waals surface area contributed by atoms with E-state index in [0.29, 0.717) is 17.1 Å². The maximum atomic E-state index is 15.5. The summed E-state index contributed by atoms with van der Waals surface area (Å²) >= 11 is 0. The Kier molecular flexibility index (Phi) is 7.40. The van der Waals surface area contributed by atoms with Crippen molar-refractivity contribution in [3.8, 4) is 5.75 Å². The molecule has 1 fully saturated rings. The van der Waals surface area contributed by atoms with Crippen LogP contribution >= 0.6 is 0 Å². The van der Waals surface area contributed by atoms with Gasteiger partial charge in [-0.25, -0.2) is 8.78 Å². The summed E-state index contributed by atoms with van der Waals surface area (Å²) in [5.41, 5.74) is -2.80. The van der Waals surface area contributed by atoms with E-state index in [4.69, 9.17) is 9.47 Å². The van der Waals surface area contributed by atoms with E-state index in [1.54, 1.807) is 35.2 Å². The fourth-order valence-corrected chi connectivity index (χ4v) is 8.77. The van der Waals surface area contributed by atoms with Gasteiger partial charge in [0, 0.05) is 18.5 Å². The monoisotopic (exact) mass is 672 g/mol. The molecule has 4 unspecified atom stereocenters. The fourth-order valence-electron chi connectivity index (χ4n) is 8.77. The molecule has 5 aromatic carbocycles. The van der Waals surface area contributed by atoms with Crippen molar-refractivity contribution >= 4 is 23.2 Å². The van der Waals surface area contributed by atoms with E-state index in [1.807, 2.05) is 60.7 Å². The van der Waals surface area contributed by atoms with Gasteiger partial charge in [-0.15, -0.1) is 0 Å². The third-order valence-electron chi connectivity index (χ3n) is 10.8. The molecule has 252 valence electrons. The molecule has 1 N–H and O–H groups in total. The van der Waals surface area contributed by atoms with Gasteiger partial charge in [-0.2, -0.15) is 0 Å². The molecule has 50 heavy (non-hydrogen) atoms. The van der Waals surface area contributed by atoms with Crippen LogP contribution in [-0.2, 0) is 43.8 Å². The highest BCUT2D eigenvalue weighted by molar-refractivity contribution is 6.14. The van der Waals surface area contributed by atoms with Gasteiger partial charge in [0.25, 0.3) is 0 Å². The zero-order chi connectivity index (χ0) is 34.8. The number of fused-ring (bicyclic) bond motifs is 4. The Morgan fingerprint density at radius 3 is 1.84 bits per heavy atom. The minimum atomic E-state index is -2.29. The van der Waals surface area contributed by atoms with Gasteiger partial charge in [-0.1, -0.05) is 72.8 Å². The van der Waals surface area contributed by atoms with Crippen LogP contribution in [0.1, 0.15) is 34.2 Å². The topological polar surface area (TPSA) is 79.3 Å². The molecule has 2 aliphatic heterocycles. The quantitative estimate of drug-likeness (QED) is 0.212. The largest absolute Gasteiger partial charge is 0.497 e. The molecule has 0 radical (unpaired) electrons. The minimum absolute atomic E-state index is 0.123. The van der Waals surface area contributed by atoms with E-state index in [0.717, 1.165) is 11.1 Å². The smallest absolute Gasteiger partial charge is 0.241 e. The Balaban J connectivity index is 1.42. The van der Waals surface area contributed by atoms with Crippen molar-refractivity contribution in [1.82, 2.24) is 0 Å². The zero-order valence-corrected chi connectivity index (χ0v) is 27.5. The second kappa shape index (κ2) is 11.6. The fraction of sp³-hybridized carbons (Fsp3) is 0.220. The Labute approximate surface area is 288 Å². The average molecular weight is 673 g/mol. The number of hydrogen-bond donors (Lipinski definition) is 1. The number of nitrogens with zero attached hydrogens (tertiary/aromatic N) is 2. The third-order valence-corrected chi connectivity index (χ3v) is 10.8. The van der Waals surface area contributed by atoms with Crippen molar-refractivity contribution in [3.63, 3.8) is 0 Å². The highest BCUT2D eigenvalue weighted by atomic mass is 19.1. The maximum absolute atomic E-state index is 15.5. The SMILES string of the molecule is COc1cccc(C2(O)C(OC)C3(CC24C(=O)N(Cc2ccccc2)c2ccc(F)cc24)C(=O)N(Cc2ccccc2)c2ccc(F)cc23)c1. The van der Waals surface area contributed by atoms with E-state index in [2.05, 4.69) is 0 Å². The van der Waals surface area contributed by atoms with E-state index >= 15 is 18.4 Å². The standard InChI is InChI=1S/C41H34F2N2O5/c1-49-31-15-9-14-28(20-31)41(48)36(50-2)39(32-21-29(42)16-18-34(32)44(37(39)46)23-26-10-5-3-6-11-26)25-40(41)33-22-30(43)17-19-35(33)45(38(40)47)24-27-12-7-4-8-13-27/h3-22,36,48H,23-25H2,1-2H3. The van der Waals surface area contributed by atoms with Gasteiger partial charge < -0.3 is 24.4 Å². The molecule has 2 spiro atoms. The van der Waals surface area contributed by atoms with E-state index in [1.165, 1.54) is 49.5 Å². The summed E-state index contributed by atoms with van der Waals surface area (Å²) < 4.78 is 42.7. The lowest BCUT2D eigenvalue weighted by molar-refractivity contribution is -0.153. The number of carbonyl (C=O) groups excluding carboxylic acids is 2. The van der Waals surface area contributed by atoms with Crippen molar-refractivity contribution < 1.29 is 33.0 Å². The van der Waals surface area contributed by atoms with Gasteiger partial charge in [0.1, 0.15) is 39.9 Å². The highest BCUT2D eigenvalue weighted by Crippen LogP contribution is 2.69. The van der Waals surface area contributed by atoms with Crippen LogP contribution in [0.4, 0.5) is 20.2 Å². The Hall–Kier alpha value is -5.38. The van der Waals surface area contributed by atoms with Crippen molar-refractivity contribution in [3.05, 3.63) is 161 Å². The molecule has 0 aromatic heterocycles. The number of amides is 2. The van der Waals surface area contributed by atoms with Crippen LogP contribution < -0.4 is 14.5 Å². The summed E-state index contributed by atoms with van der Waals surface area (Å²) in [7, 11) is 2.85. The lowest BCUT2D eigenvalue weighted by atomic mass is 9.66. The Morgan fingerprint density at radius 2 is 1.26 bits per heavy atom. The lowest BCUT2D eigenvalue weighted by Gasteiger charge is -2.42. The van der Waals surface area contributed by atoms with Gasteiger partial charge in [0.15, 0.2) is 0 Å². The van der Waals surface area contributed by atoms with Gasteiger partial charge in [-0.3, -0.25) is 9.59 Å². The molecule has 0 saturated heterocycles. The van der Waals surface area contributed by atoms with Crippen LogP contribution in [-0.4, -0.2) is 37.2 Å². The predicted molar refractivity (Wildman–Crippen MR) is 184 cm³/mol. The van der Waals surface area contributed by atoms with Crippen molar-refractivity contribution in [1.29, 1.82) is 0 Å². The zero-order valence-electron chi connectivity index (χ0n) is 27.5. The second-order valence-corrected chi connectivity index (χ2v) is 13.2. The first-order valence-corrected chi connectivity index (χ1v) is 16.4. The molecule has 1 saturated carbocycles. The van der Waals surface area contributed by atoms with Gasteiger partial charge in [-0.05, 0) is 82.8 Å². The summed E-state index contributed by atoms with van der Waals surface area (Å²) in [5.74, 6) is -1.80. The molecule has 4 atom stereocenters. The molecule has 1 aliphatic carbocycles. The normalized spacial score (nSPS) is 25.1. The average Bonchev–Trinajstić information content (AvgIpc) is 3.62. The number of hydrogen-bond acceptors (Lipinski definition) is 5. The number of aliphatic hydroxyl groups is 1. The second-order valence-electron chi connectivity index (χ2n) is 13.2. The molecular formula is C41H34F2N2O5. The molecule has 0 bridgehead atoms. The summed E-state index contributed by atoms with van der Waals surface area (Å²) in [6, 6.07) is 33.6. The molecule has 3 aliphatic rings. The first-order valence-electron chi connectivity index (χ1n) is 16.4. The van der Waals surface area contributed by atoms with Gasteiger partial charge in [0.05, 0.1) is 20.2 Å². The number of ether oxygens (including phenoxy) is 2. The molecular weight excluding hydrogens is 638 g/mol. The maximum Gasteiger partial charge on any atom is 0.241 e. The molecule has 8 rings (SSSR count). The van der Waals surface area contributed by atoms with Crippen molar-refractivity contribution in [2.75, 3.05) is 24.0 Å². The van der Waals surface area contributed by atoms with E-state index < -0.39 is 46.0 Å². The van der Waals surface area contributed by atoms with Crippen molar-refractivity contribution in [2.45, 2.75) is 42.0 Å². The van der Waals surface area contributed by atoms with Crippen LogP contribution in [0, 0.1) is 11.6 Å². The minimum Gasteiger partial charge on any atom is -0.497 e. The number of methoxy groups -OCH3 is 2. The van der Waals surface area contributed by atoms with Crippen LogP contribution in [0.3, 0.4) is 0 Å². The molecule has 5 aromatic rings. The molecule has 2 heterocycles.